The second-order valence-corrected chi connectivity index (χ2v) is 10.3. The average molecular weight is 516 g/mol. The third-order valence-electron chi connectivity index (χ3n) is 7.31. The predicted octanol–water partition coefficient (Wildman–Crippen LogP) is 5.54. The number of hydrogen-bond donors (Lipinski definition) is 2. The van der Waals surface area contributed by atoms with Crippen LogP contribution in [0, 0.1) is 19.8 Å². The second-order valence-electron chi connectivity index (χ2n) is 9.86. The number of rotatable bonds is 7. The fourth-order valence-electron chi connectivity index (χ4n) is 5.48. The van der Waals surface area contributed by atoms with E-state index in [9.17, 15) is 4.79 Å². The zero-order valence-electron chi connectivity index (χ0n) is 21.7. The molecule has 5 rings (SSSR count). The third kappa shape index (κ3) is 4.64. The molecule has 3 aromatic rings. The molecule has 2 bridgehead atoms. The van der Waals surface area contributed by atoms with Gasteiger partial charge in [-0.25, -0.2) is 0 Å². The van der Waals surface area contributed by atoms with Crippen molar-refractivity contribution in [3.63, 3.8) is 0 Å². The van der Waals surface area contributed by atoms with Crippen molar-refractivity contribution in [3.8, 4) is 11.5 Å². The molecule has 2 N–H and O–H groups in total. The molecular weight excluding hydrogens is 482 g/mol. The molecule has 3 unspecified atom stereocenters. The van der Waals surface area contributed by atoms with Crippen molar-refractivity contribution in [2.75, 3.05) is 18.5 Å². The SMILES string of the molecule is CCOc1cccc2c1OC1(C)C(C(=O)Nc3ccc(C)cc3C)C2NC(=S)N1CCc1ccccc1. The number of nitrogens with one attached hydrogen (secondary N) is 2. The van der Waals surface area contributed by atoms with Crippen LogP contribution in [-0.4, -0.2) is 34.8 Å². The highest BCUT2D eigenvalue weighted by molar-refractivity contribution is 7.80. The van der Waals surface area contributed by atoms with Crippen LogP contribution in [0.15, 0.2) is 66.7 Å². The van der Waals surface area contributed by atoms with E-state index in [1.165, 1.54) is 5.56 Å². The van der Waals surface area contributed by atoms with Crippen molar-refractivity contribution in [3.05, 3.63) is 89.0 Å². The summed E-state index contributed by atoms with van der Waals surface area (Å²) in [7, 11) is 0. The summed E-state index contributed by atoms with van der Waals surface area (Å²) < 4.78 is 12.7. The lowest BCUT2D eigenvalue weighted by molar-refractivity contribution is -0.149. The van der Waals surface area contributed by atoms with E-state index >= 15 is 0 Å². The fraction of sp³-hybridized carbons (Fsp3) is 0.333. The molecular formula is C30H33N3O3S. The van der Waals surface area contributed by atoms with E-state index in [0.29, 0.717) is 29.8 Å². The van der Waals surface area contributed by atoms with Crippen LogP contribution >= 0.6 is 12.2 Å². The predicted molar refractivity (Wildman–Crippen MR) is 150 cm³/mol. The van der Waals surface area contributed by atoms with Gasteiger partial charge < -0.3 is 25.0 Å². The lowest BCUT2D eigenvalue weighted by Gasteiger charge is -2.56. The molecule has 2 heterocycles. The maximum absolute atomic E-state index is 14.0. The molecule has 0 radical (unpaired) electrons. The molecule has 2 aliphatic heterocycles. The molecule has 0 saturated carbocycles. The van der Waals surface area contributed by atoms with Gasteiger partial charge in [-0.2, -0.15) is 0 Å². The molecule has 3 aromatic carbocycles. The van der Waals surface area contributed by atoms with Gasteiger partial charge in [-0.05, 0) is 69.6 Å². The Hall–Kier alpha value is -3.58. The number of hydrogen-bond acceptors (Lipinski definition) is 4. The molecule has 1 fully saturated rings. The Morgan fingerprint density at radius 2 is 1.92 bits per heavy atom. The van der Waals surface area contributed by atoms with Crippen LogP contribution in [0.5, 0.6) is 11.5 Å². The van der Waals surface area contributed by atoms with Crippen molar-refractivity contribution < 1.29 is 14.3 Å². The van der Waals surface area contributed by atoms with Gasteiger partial charge in [0.1, 0.15) is 5.92 Å². The Kier molecular flexibility index (Phi) is 6.82. The highest BCUT2D eigenvalue weighted by Gasteiger charge is 2.59. The van der Waals surface area contributed by atoms with E-state index in [1.807, 2.05) is 81.1 Å². The minimum absolute atomic E-state index is 0.119. The van der Waals surface area contributed by atoms with Gasteiger partial charge in [-0.15, -0.1) is 0 Å². The number of anilines is 1. The number of amides is 1. The van der Waals surface area contributed by atoms with Gasteiger partial charge in [0.25, 0.3) is 0 Å². The highest BCUT2D eigenvalue weighted by atomic mass is 32.1. The second kappa shape index (κ2) is 10.1. The summed E-state index contributed by atoms with van der Waals surface area (Å²) in [6, 6.07) is 21.7. The van der Waals surface area contributed by atoms with Crippen LogP contribution in [0.1, 0.15) is 42.1 Å². The van der Waals surface area contributed by atoms with Gasteiger partial charge >= 0.3 is 0 Å². The van der Waals surface area contributed by atoms with Crippen LogP contribution in [0.3, 0.4) is 0 Å². The number of carbonyl (C=O) groups is 1. The van der Waals surface area contributed by atoms with Crippen molar-refractivity contribution in [1.82, 2.24) is 10.2 Å². The monoisotopic (exact) mass is 515 g/mol. The van der Waals surface area contributed by atoms with E-state index in [0.717, 1.165) is 28.8 Å². The number of thiocarbonyl (C=S) groups is 1. The Labute approximate surface area is 224 Å². The van der Waals surface area contributed by atoms with E-state index in [1.54, 1.807) is 0 Å². The van der Waals surface area contributed by atoms with Crippen molar-refractivity contribution in [1.29, 1.82) is 0 Å². The summed E-state index contributed by atoms with van der Waals surface area (Å²) in [6.07, 6.45) is 0.762. The number of nitrogens with zero attached hydrogens (tertiary/aromatic N) is 1. The number of carbonyl (C=O) groups excluding carboxylic acids is 1. The molecule has 1 saturated heterocycles. The topological polar surface area (TPSA) is 62.8 Å². The first-order chi connectivity index (χ1) is 17.8. The maximum atomic E-state index is 14.0. The molecule has 37 heavy (non-hydrogen) atoms. The van der Waals surface area contributed by atoms with Gasteiger partial charge in [0, 0.05) is 17.8 Å². The summed E-state index contributed by atoms with van der Waals surface area (Å²) >= 11 is 5.86. The standard InChI is InChI=1S/C30H33N3O3S/c1-5-35-24-13-9-12-22-26-25(28(34)31-23-15-14-19(2)18-20(23)3)30(4,36-27(22)24)33(29(37)32-26)17-16-21-10-7-6-8-11-21/h6-15,18,25-26H,5,16-17H2,1-4H3,(H,31,34)(H,32,37). The van der Waals surface area contributed by atoms with Gasteiger partial charge in [-0.3, -0.25) is 4.79 Å². The van der Waals surface area contributed by atoms with Crippen LogP contribution in [-0.2, 0) is 11.2 Å². The van der Waals surface area contributed by atoms with Crippen molar-refractivity contribution in [2.45, 2.75) is 45.9 Å². The Morgan fingerprint density at radius 1 is 1.14 bits per heavy atom. The van der Waals surface area contributed by atoms with E-state index < -0.39 is 11.6 Å². The summed E-state index contributed by atoms with van der Waals surface area (Å²) in [5.41, 5.74) is 4.00. The van der Waals surface area contributed by atoms with Crippen LogP contribution < -0.4 is 20.1 Å². The Morgan fingerprint density at radius 3 is 2.65 bits per heavy atom. The molecule has 0 aromatic heterocycles. The van der Waals surface area contributed by atoms with Gasteiger partial charge in [-0.1, -0.05) is 60.2 Å². The number of para-hydroxylation sites is 1. The summed E-state index contributed by atoms with van der Waals surface area (Å²) in [6.45, 7) is 9.08. The van der Waals surface area contributed by atoms with E-state index in [-0.39, 0.29) is 11.9 Å². The number of ether oxygens (including phenoxy) is 2. The normalized spacial score (nSPS) is 21.9. The molecule has 3 atom stereocenters. The smallest absolute Gasteiger partial charge is 0.236 e. The minimum atomic E-state index is -1.02. The van der Waals surface area contributed by atoms with Gasteiger partial charge in [0.15, 0.2) is 22.3 Å². The number of benzene rings is 3. The highest BCUT2D eigenvalue weighted by Crippen LogP contribution is 2.51. The lowest BCUT2D eigenvalue weighted by atomic mass is 9.78. The summed E-state index contributed by atoms with van der Waals surface area (Å²) in [4.78, 5) is 16.1. The van der Waals surface area contributed by atoms with E-state index in [4.69, 9.17) is 21.7 Å². The summed E-state index contributed by atoms with van der Waals surface area (Å²) in [5.74, 6) is 0.640. The van der Waals surface area contributed by atoms with Crippen molar-refractivity contribution >= 4 is 28.9 Å². The Balaban J connectivity index is 1.55. The molecule has 0 spiro atoms. The van der Waals surface area contributed by atoms with Crippen molar-refractivity contribution in [2.24, 2.45) is 5.92 Å². The third-order valence-corrected chi connectivity index (χ3v) is 7.65. The van der Waals surface area contributed by atoms with Crippen LogP contribution in [0.25, 0.3) is 0 Å². The maximum Gasteiger partial charge on any atom is 0.236 e. The largest absolute Gasteiger partial charge is 0.490 e. The molecule has 1 amide bonds. The zero-order chi connectivity index (χ0) is 26.2. The Bertz CT molecular complexity index is 1330. The molecule has 7 heteroatoms. The van der Waals surface area contributed by atoms with Gasteiger partial charge in [0.05, 0.1) is 12.6 Å². The molecule has 0 aliphatic carbocycles. The summed E-state index contributed by atoms with van der Waals surface area (Å²) in [5, 5.41) is 7.24. The minimum Gasteiger partial charge on any atom is -0.490 e. The molecule has 6 nitrogen and oxygen atoms in total. The van der Waals surface area contributed by atoms with Gasteiger partial charge in [0.2, 0.25) is 5.91 Å². The first-order valence-corrected chi connectivity index (χ1v) is 13.2. The number of fused-ring (bicyclic) bond motifs is 4. The van der Waals surface area contributed by atoms with Crippen LogP contribution in [0.4, 0.5) is 5.69 Å². The van der Waals surface area contributed by atoms with E-state index in [2.05, 4.69) is 28.8 Å². The molecule has 2 aliphatic rings. The first kappa shape index (κ1) is 25.1. The molecule has 192 valence electrons. The fourth-order valence-corrected chi connectivity index (χ4v) is 5.88. The number of aryl methyl sites for hydroxylation is 2. The van der Waals surface area contributed by atoms with Crippen LogP contribution in [0.2, 0.25) is 0 Å². The first-order valence-electron chi connectivity index (χ1n) is 12.8. The zero-order valence-corrected chi connectivity index (χ0v) is 22.5. The average Bonchev–Trinajstić information content (AvgIpc) is 2.86. The quantitative estimate of drug-likeness (QED) is 0.403. The lowest BCUT2D eigenvalue weighted by Crippen LogP contribution is -2.71.